The van der Waals surface area contributed by atoms with Crippen LogP contribution in [0.1, 0.15) is 28.4 Å². The zero-order valence-corrected chi connectivity index (χ0v) is 17.0. The first-order valence-corrected chi connectivity index (χ1v) is 12.2. The number of alkyl halides is 3. The zero-order valence-electron chi connectivity index (χ0n) is 15.3. The van der Waals surface area contributed by atoms with Gasteiger partial charge in [0.15, 0.2) is 9.84 Å². The molecule has 0 radical (unpaired) electrons. The summed E-state index contributed by atoms with van der Waals surface area (Å²) in [5, 5.41) is -0.782. The Hall–Kier alpha value is -1.91. The maximum absolute atomic E-state index is 12.8. The third-order valence-electron chi connectivity index (χ3n) is 4.89. The fraction of sp³-hybridized carbons (Fsp3) is 0.368. The summed E-state index contributed by atoms with van der Waals surface area (Å²) in [4.78, 5) is 0. The Morgan fingerprint density at radius 3 is 2.17 bits per heavy atom. The van der Waals surface area contributed by atoms with Crippen molar-refractivity contribution in [2.24, 2.45) is 0 Å². The van der Waals surface area contributed by atoms with Crippen LogP contribution in [0.4, 0.5) is 13.2 Å². The van der Waals surface area contributed by atoms with Crippen molar-refractivity contribution < 1.29 is 30.0 Å². The second-order valence-electron chi connectivity index (χ2n) is 6.90. The van der Waals surface area contributed by atoms with Crippen molar-refractivity contribution in [3.05, 3.63) is 71.3 Å². The van der Waals surface area contributed by atoms with Gasteiger partial charge in [-0.2, -0.15) is 13.2 Å². The van der Waals surface area contributed by atoms with Gasteiger partial charge in [0.1, 0.15) is 0 Å². The normalized spacial score (nSPS) is 20.9. The lowest BCUT2D eigenvalue weighted by Crippen LogP contribution is -2.34. The molecule has 29 heavy (non-hydrogen) atoms. The highest BCUT2D eigenvalue weighted by molar-refractivity contribution is 7.91. The number of sulfone groups is 1. The van der Waals surface area contributed by atoms with E-state index in [9.17, 15) is 30.0 Å². The monoisotopic (exact) mass is 447 g/mol. The van der Waals surface area contributed by atoms with Crippen molar-refractivity contribution in [2.75, 3.05) is 18.8 Å². The maximum atomic E-state index is 12.8. The van der Waals surface area contributed by atoms with Crippen LogP contribution in [0.2, 0.25) is 0 Å². The molecule has 0 spiro atoms. The van der Waals surface area contributed by atoms with Gasteiger partial charge in [-0.05, 0) is 29.7 Å². The second-order valence-corrected chi connectivity index (χ2v) is 11.2. The zero-order chi connectivity index (χ0) is 21.3. The number of sulfonamides is 1. The summed E-state index contributed by atoms with van der Waals surface area (Å²) in [7, 11) is -7.41. The standard InChI is InChI=1S/C19H20F3NO4S2/c20-19(21,22)17-8-6-15(7-9-17)14-29(26,27)23-11-10-18(28(24,25)13-12-23)16-4-2-1-3-5-16/h1-9,18H,10-14H2. The number of hydrogen-bond donors (Lipinski definition) is 0. The number of hydrogen-bond acceptors (Lipinski definition) is 4. The third-order valence-corrected chi connectivity index (χ3v) is 8.87. The summed E-state index contributed by atoms with van der Waals surface area (Å²) in [6.45, 7) is -0.142. The van der Waals surface area contributed by atoms with Crippen LogP contribution < -0.4 is 0 Å². The fourth-order valence-corrected chi connectivity index (χ4v) is 6.80. The van der Waals surface area contributed by atoms with Crippen LogP contribution in [0, 0.1) is 0 Å². The molecule has 0 amide bonds. The van der Waals surface area contributed by atoms with Gasteiger partial charge in [-0.3, -0.25) is 0 Å². The minimum atomic E-state index is -4.50. The Bertz CT molecular complexity index is 1050. The summed E-state index contributed by atoms with van der Waals surface area (Å²) in [5.41, 5.74) is -0.0237. The molecule has 1 aliphatic rings. The molecule has 158 valence electrons. The first-order chi connectivity index (χ1) is 13.5. The lowest BCUT2D eigenvalue weighted by atomic mass is 10.1. The van der Waals surface area contributed by atoms with Crippen molar-refractivity contribution in [3.63, 3.8) is 0 Å². The predicted molar refractivity (Wildman–Crippen MR) is 103 cm³/mol. The molecule has 0 saturated carbocycles. The molecule has 0 N–H and O–H groups in total. The van der Waals surface area contributed by atoms with Gasteiger partial charge in [0.05, 0.1) is 22.3 Å². The lowest BCUT2D eigenvalue weighted by Gasteiger charge is -2.20. The van der Waals surface area contributed by atoms with Crippen molar-refractivity contribution in [1.29, 1.82) is 0 Å². The van der Waals surface area contributed by atoms with Crippen LogP contribution in [0.3, 0.4) is 0 Å². The highest BCUT2D eigenvalue weighted by Crippen LogP contribution is 2.31. The van der Waals surface area contributed by atoms with Gasteiger partial charge >= 0.3 is 6.18 Å². The Balaban J connectivity index is 1.76. The molecule has 10 heteroatoms. The molecule has 2 aromatic carbocycles. The van der Waals surface area contributed by atoms with Crippen molar-refractivity contribution in [3.8, 4) is 0 Å². The van der Waals surface area contributed by atoms with E-state index in [1.54, 1.807) is 30.3 Å². The molecular formula is C19H20F3NO4S2. The lowest BCUT2D eigenvalue weighted by molar-refractivity contribution is -0.137. The van der Waals surface area contributed by atoms with E-state index in [4.69, 9.17) is 0 Å². The molecule has 1 unspecified atom stereocenters. The number of halogens is 3. The molecule has 0 aromatic heterocycles. The largest absolute Gasteiger partial charge is 0.416 e. The first kappa shape index (κ1) is 21.8. The molecule has 5 nitrogen and oxygen atoms in total. The molecule has 1 saturated heterocycles. The summed E-state index contributed by atoms with van der Waals surface area (Å²) in [6, 6.07) is 12.6. The predicted octanol–water partition coefficient (Wildman–Crippen LogP) is 3.40. The fourth-order valence-electron chi connectivity index (χ4n) is 3.34. The Morgan fingerprint density at radius 2 is 1.59 bits per heavy atom. The Kier molecular flexibility index (Phi) is 6.07. The summed E-state index contributed by atoms with van der Waals surface area (Å²) in [5.74, 6) is -0.792. The van der Waals surface area contributed by atoms with E-state index in [2.05, 4.69) is 0 Å². The van der Waals surface area contributed by atoms with E-state index in [0.29, 0.717) is 5.56 Å². The molecule has 0 bridgehead atoms. The van der Waals surface area contributed by atoms with Crippen LogP contribution in [-0.2, 0) is 31.8 Å². The van der Waals surface area contributed by atoms with Gasteiger partial charge in [0.2, 0.25) is 10.0 Å². The Labute approximate surface area is 168 Å². The SMILES string of the molecule is O=S1(=O)CCN(S(=O)(=O)Cc2ccc(C(F)(F)F)cc2)CCC1c1ccccc1. The van der Waals surface area contributed by atoms with Gasteiger partial charge in [-0.15, -0.1) is 0 Å². The average Bonchev–Trinajstić information content (AvgIpc) is 2.80. The van der Waals surface area contributed by atoms with E-state index in [1.807, 2.05) is 0 Å². The third kappa shape index (κ3) is 5.18. The summed E-state index contributed by atoms with van der Waals surface area (Å²) < 4.78 is 89.9. The molecule has 1 fully saturated rings. The molecule has 1 heterocycles. The van der Waals surface area contributed by atoms with E-state index < -0.39 is 42.6 Å². The van der Waals surface area contributed by atoms with E-state index in [0.717, 1.165) is 28.6 Å². The van der Waals surface area contributed by atoms with Crippen molar-refractivity contribution in [2.45, 2.75) is 23.6 Å². The Morgan fingerprint density at radius 1 is 0.966 bits per heavy atom. The van der Waals surface area contributed by atoms with Gasteiger partial charge in [-0.1, -0.05) is 42.5 Å². The molecular weight excluding hydrogens is 427 g/mol. The van der Waals surface area contributed by atoms with Gasteiger partial charge in [0, 0.05) is 13.1 Å². The number of rotatable bonds is 4. The van der Waals surface area contributed by atoms with Crippen LogP contribution in [0.25, 0.3) is 0 Å². The highest BCUT2D eigenvalue weighted by Gasteiger charge is 2.35. The number of benzene rings is 2. The average molecular weight is 448 g/mol. The molecule has 1 atom stereocenters. The minimum absolute atomic E-state index is 0.0295. The van der Waals surface area contributed by atoms with Crippen molar-refractivity contribution >= 4 is 19.9 Å². The quantitative estimate of drug-likeness (QED) is 0.720. The summed E-state index contributed by atoms with van der Waals surface area (Å²) >= 11 is 0. The molecule has 1 aliphatic heterocycles. The highest BCUT2D eigenvalue weighted by atomic mass is 32.2. The van der Waals surface area contributed by atoms with E-state index >= 15 is 0 Å². The van der Waals surface area contributed by atoms with E-state index in [-0.39, 0.29) is 30.8 Å². The minimum Gasteiger partial charge on any atom is -0.228 e. The van der Waals surface area contributed by atoms with Crippen molar-refractivity contribution in [1.82, 2.24) is 4.31 Å². The van der Waals surface area contributed by atoms with Crippen LogP contribution in [0.15, 0.2) is 54.6 Å². The van der Waals surface area contributed by atoms with Crippen LogP contribution >= 0.6 is 0 Å². The molecule has 2 aromatic rings. The van der Waals surface area contributed by atoms with Gasteiger partial charge in [0.25, 0.3) is 0 Å². The summed E-state index contributed by atoms with van der Waals surface area (Å²) in [6.07, 6.45) is -4.37. The van der Waals surface area contributed by atoms with Gasteiger partial charge in [-0.25, -0.2) is 21.1 Å². The smallest absolute Gasteiger partial charge is 0.228 e. The maximum Gasteiger partial charge on any atom is 0.416 e. The topological polar surface area (TPSA) is 71.5 Å². The van der Waals surface area contributed by atoms with Crippen LogP contribution in [-0.4, -0.2) is 40.0 Å². The molecule has 0 aliphatic carbocycles. The van der Waals surface area contributed by atoms with E-state index in [1.165, 1.54) is 0 Å². The van der Waals surface area contributed by atoms with Crippen LogP contribution in [0.5, 0.6) is 0 Å². The number of nitrogens with zero attached hydrogens (tertiary/aromatic N) is 1. The second kappa shape index (κ2) is 8.08. The van der Waals surface area contributed by atoms with Gasteiger partial charge < -0.3 is 0 Å². The first-order valence-electron chi connectivity index (χ1n) is 8.89. The molecule has 3 rings (SSSR count).